The molecule has 38 heavy (non-hydrogen) atoms. The number of fused-ring (bicyclic) bond motifs is 2. The number of benzene rings is 2. The Hall–Kier alpha value is -3.82. The number of carbonyl (C=O) groups excluding carboxylic acids is 1. The predicted molar refractivity (Wildman–Crippen MR) is 150 cm³/mol. The number of aromatic amines is 1. The van der Waals surface area contributed by atoms with Gasteiger partial charge in [-0.05, 0) is 62.0 Å². The Morgan fingerprint density at radius 2 is 2.05 bits per heavy atom. The minimum absolute atomic E-state index is 0.0428. The Morgan fingerprint density at radius 1 is 1.29 bits per heavy atom. The molecule has 4 rings (SSSR count). The number of allylic oxidation sites excluding steroid dienone is 2. The van der Waals surface area contributed by atoms with E-state index >= 15 is 0 Å². The van der Waals surface area contributed by atoms with Gasteiger partial charge >= 0.3 is 0 Å². The molecular formula is C28H26ClFN4O3S. The summed E-state index contributed by atoms with van der Waals surface area (Å²) in [6.07, 6.45) is 7.69. The van der Waals surface area contributed by atoms with Crippen molar-refractivity contribution in [2.24, 2.45) is 4.99 Å². The van der Waals surface area contributed by atoms with Crippen molar-refractivity contribution in [3.05, 3.63) is 93.7 Å². The van der Waals surface area contributed by atoms with Crippen molar-refractivity contribution < 1.29 is 17.6 Å². The molecule has 0 fully saturated rings. The third-order valence-corrected chi connectivity index (χ3v) is 7.49. The molecule has 2 aromatic heterocycles. The number of nitrogens with zero attached hydrogens (tertiary/aromatic N) is 2. The molecule has 1 amide bonds. The number of halogens is 2. The number of aliphatic imine (C=N–C) groups is 1. The lowest BCUT2D eigenvalue weighted by molar-refractivity contribution is -0.117. The molecule has 4 aromatic rings. The van der Waals surface area contributed by atoms with E-state index in [1.807, 2.05) is 19.1 Å². The number of aromatic nitrogens is 2. The molecule has 2 heterocycles. The molecule has 0 bridgehead atoms. The maximum absolute atomic E-state index is 14.9. The summed E-state index contributed by atoms with van der Waals surface area (Å²) in [5.74, 6) is -0.925. The van der Waals surface area contributed by atoms with Gasteiger partial charge in [0.2, 0.25) is 0 Å². The third-order valence-electron chi connectivity index (χ3n) is 6.08. The first-order chi connectivity index (χ1) is 18.0. The summed E-state index contributed by atoms with van der Waals surface area (Å²) >= 11 is 6.07. The highest BCUT2D eigenvalue weighted by Crippen LogP contribution is 2.28. The molecule has 0 saturated heterocycles. The summed E-state index contributed by atoms with van der Waals surface area (Å²) in [4.78, 5) is 24.3. The van der Waals surface area contributed by atoms with E-state index < -0.39 is 21.6 Å². The number of rotatable bonds is 8. The van der Waals surface area contributed by atoms with Crippen LogP contribution in [0, 0.1) is 12.7 Å². The Balaban J connectivity index is 1.57. The molecule has 196 valence electrons. The van der Waals surface area contributed by atoms with Gasteiger partial charge in [0.15, 0.2) is 9.84 Å². The summed E-state index contributed by atoms with van der Waals surface area (Å²) in [6, 6.07) is 8.58. The zero-order chi connectivity index (χ0) is 27.6. The van der Waals surface area contributed by atoms with E-state index in [9.17, 15) is 17.6 Å². The third kappa shape index (κ3) is 5.69. The second kappa shape index (κ2) is 10.9. The second-order valence-electron chi connectivity index (χ2n) is 8.95. The zero-order valence-electron chi connectivity index (χ0n) is 21.1. The monoisotopic (exact) mass is 552 g/mol. The van der Waals surface area contributed by atoms with Gasteiger partial charge in [0.1, 0.15) is 5.82 Å². The van der Waals surface area contributed by atoms with Crippen LogP contribution in [0.4, 0.5) is 4.39 Å². The van der Waals surface area contributed by atoms with Crippen molar-refractivity contribution in [1.29, 1.82) is 0 Å². The fourth-order valence-corrected chi connectivity index (χ4v) is 5.32. The smallest absolute Gasteiger partial charge is 0.251 e. The highest BCUT2D eigenvalue weighted by atomic mass is 35.5. The highest BCUT2D eigenvalue weighted by Gasteiger charge is 2.17. The number of carbonyl (C=O) groups is 1. The minimum Gasteiger partial charge on any atom is -0.360 e. The Bertz CT molecular complexity index is 1760. The lowest BCUT2D eigenvalue weighted by Gasteiger charge is -2.11. The van der Waals surface area contributed by atoms with Crippen molar-refractivity contribution in [3.8, 4) is 0 Å². The lowest BCUT2D eigenvalue weighted by atomic mass is 10.0. The molecular weight excluding hydrogens is 527 g/mol. The number of hydrogen-bond donors (Lipinski definition) is 2. The molecule has 0 aliphatic rings. The van der Waals surface area contributed by atoms with Gasteiger partial charge in [-0.15, -0.1) is 0 Å². The van der Waals surface area contributed by atoms with Crippen LogP contribution >= 0.6 is 11.6 Å². The van der Waals surface area contributed by atoms with Crippen molar-refractivity contribution in [2.75, 3.05) is 6.26 Å². The summed E-state index contributed by atoms with van der Waals surface area (Å²) in [6.45, 7) is 7.15. The molecule has 2 N–H and O–H groups in total. The van der Waals surface area contributed by atoms with E-state index in [0.717, 1.165) is 11.8 Å². The van der Waals surface area contributed by atoms with Gasteiger partial charge in [-0.1, -0.05) is 23.7 Å². The van der Waals surface area contributed by atoms with Crippen LogP contribution in [0.15, 0.2) is 76.0 Å². The van der Waals surface area contributed by atoms with Crippen LogP contribution in [0.25, 0.3) is 21.8 Å². The number of aryl methyl sites for hydroxylation is 1. The van der Waals surface area contributed by atoms with E-state index in [1.165, 1.54) is 6.20 Å². The Kier molecular flexibility index (Phi) is 7.80. The van der Waals surface area contributed by atoms with Crippen LogP contribution in [-0.4, -0.2) is 37.3 Å². The molecule has 2 aromatic carbocycles. The number of nitrogens with one attached hydrogen (secondary N) is 2. The Labute approximate surface area is 225 Å². The van der Waals surface area contributed by atoms with Crippen LogP contribution < -0.4 is 5.32 Å². The second-order valence-corrected chi connectivity index (χ2v) is 11.3. The molecule has 0 radical (unpaired) electrons. The SMILES string of the molecule is C=N/C(=C\C(=C/C)C(=O)NCc1ccc2[nH]cc(Cl)c2c1F)Cc1cc(S(C)(=O)=O)c2ncc(C)cc2c1. The van der Waals surface area contributed by atoms with Gasteiger partial charge in [-0.3, -0.25) is 14.8 Å². The van der Waals surface area contributed by atoms with Gasteiger partial charge in [-0.2, -0.15) is 0 Å². The van der Waals surface area contributed by atoms with E-state index in [2.05, 4.69) is 27.0 Å². The van der Waals surface area contributed by atoms with Crippen LogP contribution in [0.5, 0.6) is 0 Å². The van der Waals surface area contributed by atoms with Crippen molar-refractivity contribution >= 4 is 55.9 Å². The number of H-pyrrole nitrogens is 1. The van der Waals surface area contributed by atoms with Gasteiger partial charge in [0, 0.05) is 59.4 Å². The Morgan fingerprint density at radius 3 is 2.74 bits per heavy atom. The van der Waals surface area contributed by atoms with E-state index in [-0.39, 0.29) is 28.3 Å². The van der Waals surface area contributed by atoms with Crippen LogP contribution in [0.2, 0.25) is 5.02 Å². The summed E-state index contributed by atoms with van der Waals surface area (Å²) in [5.41, 5.74) is 3.60. The summed E-state index contributed by atoms with van der Waals surface area (Å²) < 4.78 is 39.8. The van der Waals surface area contributed by atoms with Gasteiger partial charge in [-0.25, -0.2) is 12.8 Å². The van der Waals surface area contributed by atoms with E-state index in [4.69, 9.17) is 11.6 Å². The largest absolute Gasteiger partial charge is 0.360 e. The van der Waals surface area contributed by atoms with Crippen LogP contribution in [0.3, 0.4) is 0 Å². The maximum atomic E-state index is 14.9. The quantitative estimate of drug-likeness (QED) is 0.168. The standard InChI is InChI=1S/C28H26ClFN4O3S/c1-5-18(28(35)34-14-19-6-7-23-25(26(19)30)22(29)15-32-23)12-21(31-3)10-17-9-20-8-16(2)13-33-27(20)24(11-17)38(4,36)37/h5-9,11-13,15,32H,3,10,14H2,1-2,4H3,(H,34,35)/b18-5+,21-12-. The topological polar surface area (TPSA) is 104 Å². The van der Waals surface area contributed by atoms with Crippen molar-refractivity contribution in [1.82, 2.24) is 15.3 Å². The molecule has 10 heteroatoms. The van der Waals surface area contributed by atoms with Crippen molar-refractivity contribution in [3.63, 3.8) is 0 Å². The normalized spacial score (nSPS) is 12.8. The first-order valence-electron chi connectivity index (χ1n) is 11.7. The average Bonchev–Trinajstić information content (AvgIpc) is 3.25. The highest BCUT2D eigenvalue weighted by molar-refractivity contribution is 7.91. The van der Waals surface area contributed by atoms with Crippen LogP contribution in [-0.2, 0) is 27.6 Å². The molecule has 0 atom stereocenters. The molecule has 7 nitrogen and oxygen atoms in total. The summed E-state index contributed by atoms with van der Waals surface area (Å²) in [5, 5.41) is 3.96. The summed E-state index contributed by atoms with van der Waals surface area (Å²) in [7, 11) is -3.54. The van der Waals surface area contributed by atoms with Crippen molar-refractivity contribution in [2.45, 2.75) is 31.7 Å². The van der Waals surface area contributed by atoms with Crippen LogP contribution in [0.1, 0.15) is 23.6 Å². The molecule has 0 spiro atoms. The van der Waals surface area contributed by atoms with E-state index in [0.29, 0.717) is 38.8 Å². The molecule has 0 unspecified atom stereocenters. The predicted octanol–water partition coefficient (Wildman–Crippen LogP) is 5.61. The fraction of sp³-hybridized carbons (Fsp3) is 0.179. The number of amides is 1. The first kappa shape index (κ1) is 27.2. The number of hydrogen-bond acceptors (Lipinski definition) is 5. The van der Waals surface area contributed by atoms with Gasteiger partial charge in [0.25, 0.3) is 5.91 Å². The molecule has 0 saturated carbocycles. The van der Waals surface area contributed by atoms with Gasteiger partial charge < -0.3 is 10.3 Å². The average molecular weight is 553 g/mol. The van der Waals surface area contributed by atoms with E-state index in [1.54, 1.807) is 43.5 Å². The number of sulfone groups is 1. The maximum Gasteiger partial charge on any atom is 0.251 e. The van der Waals surface area contributed by atoms with Gasteiger partial charge in [0.05, 0.1) is 20.8 Å². The zero-order valence-corrected chi connectivity index (χ0v) is 22.7. The molecule has 0 aliphatic heterocycles. The lowest BCUT2D eigenvalue weighted by Crippen LogP contribution is -2.24. The first-order valence-corrected chi connectivity index (χ1v) is 13.9. The fourth-order valence-electron chi connectivity index (χ4n) is 4.19. The molecule has 0 aliphatic carbocycles. The number of pyridine rings is 1. The minimum atomic E-state index is -3.54.